The summed E-state index contributed by atoms with van der Waals surface area (Å²) in [5.74, 6) is 0.554. The summed E-state index contributed by atoms with van der Waals surface area (Å²) in [5, 5.41) is 4.40. The predicted octanol–water partition coefficient (Wildman–Crippen LogP) is 2.15. The number of rotatable bonds is 2. The van der Waals surface area contributed by atoms with Crippen molar-refractivity contribution < 1.29 is 9.21 Å². The highest BCUT2D eigenvalue weighted by molar-refractivity contribution is 6.28. The third kappa shape index (κ3) is 1.44. The van der Waals surface area contributed by atoms with Gasteiger partial charge in [-0.2, -0.15) is 5.10 Å². The molecule has 2 heterocycles. The van der Waals surface area contributed by atoms with Gasteiger partial charge < -0.3 is 4.42 Å². The molecule has 0 fully saturated rings. The van der Waals surface area contributed by atoms with E-state index in [2.05, 4.69) is 5.10 Å². The molecule has 0 aliphatic carbocycles. The summed E-state index contributed by atoms with van der Waals surface area (Å²) in [6.07, 6.45) is 0.737. The lowest BCUT2D eigenvalue weighted by Crippen LogP contribution is -1.95. The highest BCUT2D eigenvalue weighted by Gasteiger charge is 2.09. The fourth-order valence-corrected chi connectivity index (χ4v) is 1.31. The van der Waals surface area contributed by atoms with Crippen molar-refractivity contribution in [3.05, 3.63) is 29.1 Å². The minimum atomic E-state index is 0.304. The molecule has 0 radical (unpaired) electrons. The molecule has 0 atom stereocenters. The molecule has 2 aromatic heterocycles. The Kier molecular flexibility index (Phi) is 2.13. The molecule has 0 aliphatic heterocycles. The van der Waals surface area contributed by atoms with Crippen molar-refractivity contribution in [3.8, 4) is 11.5 Å². The largest absolute Gasteiger partial charge is 0.443 e. The standard InChI is InChI=1S/C9H7ClN2O2/c1-12-6(5-13)4-7(11-12)8-2-3-9(10)14-8/h2-5H,1H3. The quantitative estimate of drug-likeness (QED) is 0.714. The van der Waals surface area contributed by atoms with Gasteiger partial charge in [-0.05, 0) is 29.8 Å². The summed E-state index contributed by atoms with van der Waals surface area (Å²) in [5.41, 5.74) is 1.09. The van der Waals surface area contributed by atoms with Crippen LogP contribution in [-0.4, -0.2) is 16.1 Å². The molecular weight excluding hydrogens is 204 g/mol. The number of nitrogens with zero attached hydrogens (tertiary/aromatic N) is 2. The van der Waals surface area contributed by atoms with Gasteiger partial charge in [0.2, 0.25) is 0 Å². The molecule has 0 aliphatic rings. The van der Waals surface area contributed by atoms with Crippen LogP contribution in [0.3, 0.4) is 0 Å². The minimum absolute atomic E-state index is 0.304. The number of carbonyl (C=O) groups excluding carboxylic acids is 1. The summed E-state index contributed by atoms with van der Waals surface area (Å²) < 4.78 is 6.64. The first kappa shape index (κ1) is 9.02. The van der Waals surface area contributed by atoms with Crippen molar-refractivity contribution >= 4 is 17.9 Å². The van der Waals surface area contributed by atoms with E-state index < -0.39 is 0 Å². The van der Waals surface area contributed by atoms with Crippen molar-refractivity contribution in [3.63, 3.8) is 0 Å². The first-order valence-corrected chi connectivity index (χ1v) is 4.33. The Hall–Kier alpha value is -1.55. The number of halogens is 1. The van der Waals surface area contributed by atoms with Crippen LogP contribution >= 0.6 is 11.6 Å². The fourth-order valence-electron chi connectivity index (χ4n) is 1.16. The van der Waals surface area contributed by atoms with Crippen LogP contribution in [0.2, 0.25) is 5.22 Å². The number of aldehydes is 1. The summed E-state index contributed by atoms with van der Waals surface area (Å²) in [6, 6.07) is 4.98. The molecule has 0 saturated heterocycles. The monoisotopic (exact) mass is 210 g/mol. The summed E-state index contributed by atoms with van der Waals surface area (Å²) >= 11 is 5.62. The van der Waals surface area contributed by atoms with Crippen molar-refractivity contribution in [1.82, 2.24) is 9.78 Å². The van der Waals surface area contributed by atoms with E-state index in [-0.39, 0.29) is 0 Å². The van der Waals surface area contributed by atoms with Gasteiger partial charge in [-0.3, -0.25) is 9.48 Å². The van der Waals surface area contributed by atoms with Gasteiger partial charge in [-0.1, -0.05) is 0 Å². The van der Waals surface area contributed by atoms with E-state index in [0.717, 1.165) is 6.29 Å². The molecule has 0 amide bonds. The number of hydrogen-bond acceptors (Lipinski definition) is 3. The molecule has 2 rings (SSSR count). The summed E-state index contributed by atoms with van der Waals surface area (Å²) in [7, 11) is 1.69. The SMILES string of the molecule is Cn1nc(-c2ccc(Cl)o2)cc1C=O. The van der Waals surface area contributed by atoms with Crippen LogP contribution in [0.25, 0.3) is 11.5 Å². The third-order valence-corrected chi connectivity index (χ3v) is 2.07. The van der Waals surface area contributed by atoms with Gasteiger partial charge in [0.25, 0.3) is 0 Å². The smallest absolute Gasteiger partial charge is 0.194 e. The maximum absolute atomic E-state index is 10.6. The van der Waals surface area contributed by atoms with Gasteiger partial charge >= 0.3 is 0 Å². The van der Waals surface area contributed by atoms with Crippen LogP contribution in [0.4, 0.5) is 0 Å². The number of aromatic nitrogens is 2. The van der Waals surface area contributed by atoms with Gasteiger partial charge in [0, 0.05) is 7.05 Å². The molecule has 0 N–H and O–H groups in total. The van der Waals surface area contributed by atoms with Crippen molar-refractivity contribution in [2.45, 2.75) is 0 Å². The first-order valence-electron chi connectivity index (χ1n) is 3.95. The van der Waals surface area contributed by atoms with E-state index in [1.165, 1.54) is 4.68 Å². The Morgan fingerprint density at radius 1 is 1.57 bits per heavy atom. The molecule has 14 heavy (non-hydrogen) atoms. The molecule has 5 heteroatoms. The zero-order chi connectivity index (χ0) is 10.1. The van der Waals surface area contributed by atoms with Crippen molar-refractivity contribution in [1.29, 1.82) is 0 Å². The average molecular weight is 211 g/mol. The first-order chi connectivity index (χ1) is 6.70. The Labute approximate surface area is 85.1 Å². The molecule has 0 spiro atoms. The fraction of sp³-hybridized carbons (Fsp3) is 0.111. The molecule has 0 aromatic carbocycles. The van der Waals surface area contributed by atoms with Gasteiger partial charge in [0.15, 0.2) is 17.3 Å². The molecule has 0 bridgehead atoms. The highest BCUT2D eigenvalue weighted by Crippen LogP contribution is 2.23. The summed E-state index contributed by atoms with van der Waals surface area (Å²) in [6.45, 7) is 0. The maximum atomic E-state index is 10.6. The van der Waals surface area contributed by atoms with Gasteiger partial charge in [0.05, 0.1) is 0 Å². The normalized spacial score (nSPS) is 10.4. The second kappa shape index (κ2) is 3.31. The molecular formula is C9H7ClN2O2. The maximum Gasteiger partial charge on any atom is 0.194 e. The third-order valence-electron chi connectivity index (χ3n) is 1.86. The van der Waals surface area contributed by atoms with Crippen molar-refractivity contribution in [2.75, 3.05) is 0 Å². The Balaban J connectivity index is 2.47. The summed E-state index contributed by atoms with van der Waals surface area (Å²) in [4.78, 5) is 10.6. The molecule has 72 valence electrons. The van der Waals surface area contributed by atoms with Crippen molar-refractivity contribution in [2.24, 2.45) is 7.05 Å². The lowest BCUT2D eigenvalue weighted by Gasteiger charge is -1.88. The van der Waals surface area contributed by atoms with Gasteiger partial charge in [-0.15, -0.1) is 0 Å². The molecule has 0 saturated carbocycles. The highest BCUT2D eigenvalue weighted by atomic mass is 35.5. The number of hydrogen-bond donors (Lipinski definition) is 0. The molecule has 2 aromatic rings. The van der Waals surface area contributed by atoms with E-state index in [0.29, 0.717) is 22.4 Å². The van der Waals surface area contributed by atoms with E-state index in [9.17, 15) is 4.79 Å². The molecule has 0 unspecified atom stereocenters. The lowest BCUT2D eigenvalue weighted by atomic mass is 10.3. The van der Waals surface area contributed by atoms with Crippen LogP contribution in [0.5, 0.6) is 0 Å². The predicted molar refractivity (Wildman–Crippen MR) is 51.3 cm³/mol. The number of carbonyl (C=O) groups is 1. The number of aryl methyl sites for hydroxylation is 1. The Morgan fingerprint density at radius 3 is 2.86 bits per heavy atom. The van der Waals surface area contributed by atoms with Gasteiger partial charge in [0.1, 0.15) is 11.4 Å². The lowest BCUT2D eigenvalue weighted by molar-refractivity contribution is 0.111. The minimum Gasteiger partial charge on any atom is -0.443 e. The van der Waals surface area contributed by atoms with Crippen LogP contribution < -0.4 is 0 Å². The van der Waals surface area contributed by atoms with Crippen LogP contribution in [0.1, 0.15) is 10.5 Å². The van der Waals surface area contributed by atoms with E-state index in [4.69, 9.17) is 16.0 Å². The Bertz CT molecular complexity index is 473. The second-order valence-electron chi connectivity index (χ2n) is 2.80. The Morgan fingerprint density at radius 2 is 2.36 bits per heavy atom. The van der Waals surface area contributed by atoms with E-state index in [1.807, 2.05) is 0 Å². The zero-order valence-corrected chi connectivity index (χ0v) is 8.15. The number of furan rings is 1. The van der Waals surface area contributed by atoms with Crippen LogP contribution in [0.15, 0.2) is 22.6 Å². The van der Waals surface area contributed by atoms with Crippen LogP contribution in [0, 0.1) is 0 Å². The second-order valence-corrected chi connectivity index (χ2v) is 3.17. The average Bonchev–Trinajstić information content (AvgIpc) is 2.71. The van der Waals surface area contributed by atoms with Gasteiger partial charge in [-0.25, -0.2) is 0 Å². The van der Waals surface area contributed by atoms with Crippen LogP contribution in [-0.2, 0) is 7.05 Å². The zero-order valence-electron chi connectivity index (χ0n) is 7.40. The van der Waals surface area contributed by atoms with E-state index >= 15 is 0 Å². The topological polar surface area (TPSA) is 48.0 Å². The van der Waals surface area contributed by atoms with E-state index in [1.54, 1.807) is 25.2 Å². The molecule has 4 nitrogen and oxygen atoms in total.